The highest BCUT2D eigenvalue weighted by Crippen LogP contribution is 2.35. The second-order valence-corrected chi connectivity index (χ2v) is 11.1. The molecular formula is C30H31BrClFN2O. The van der Waals surface area contributed by atoms with Crippen LogP contribution in [0, 0.1) is 23.1 Å². The van der Waals surface area contributed by atoms with Crippen LogP contribution < -0.4 is 4.74 Å². The summed E-state index contributed by atoms with van der Waals surface area (Å²) in [5.74, 6) is 6.17. The molecule has 1 fully saturated rings. The third-order valence-electron chi connectivity index (χ3n) is 7.09. The summed E-state index contributed by atoms with van der Waals surface area (Å²) >= 11 is 9.52. The van der Waals surface area contributed by atoms with Gasteiger partial charge in [-0.1, -0.05) is 50.4 Å². The van der Waals surface area contributed by atoms with E-state index in [1.54, 1.807) is 18.3 Å². The standard InChI is InChI=1S/C30H31BrClFN2O/c1-4-30(2,3)29-6-5-15-35(29)16-17-36-28-14-8-21(18-25(28)31)7-13-27-26(33)19-23(20-34-27)22-9-11-24(32)12-10-22/h8-12,14,18-20,29H,4-6,15-17H2,1-3H3. The van der Waals surface area contributed by atoms with E-state index in [-0.39, 0.29) is 5.69 Å². The number of aromatic nitrogens is 1. The lowest BCUT2D eigenvalue weighted by atomic mass is 9.80. The first-order valence-electron chi connectivity index (χ1n) is 12.4. The van der Waals surface area contributed by atoms with Gasteiger partial charge in [0.2, 0.25) is 0 Å². The molecule has 0 radical (unpaired) electrons. The van der Waals surface area contributed by atoms with Crippen LogP contribution in [0.3, 0.4) is 0 Å². The lowest BCUT2D eigenvalue weighted by Crippen LogP contribution is -2.42. The van der Waals surface area contributed by atoms with Crippen molar-refractivity contribution in [1.29, 1.82) is 0 Å². The maximum atomic E-state index is 14.6. The lowest BCUT2D eigenvalue weighted by molar-refractivity contribution is 0.106. The first-order valence-corrected chi connectivity index (χ1v) is 13.5. The Kier molecular flexibility index (Phi) is 8.72. The van der Waals surface area contributed by atoms with Crippen molar-refractivity contribution in [3.63, 3.8) is 0 Å². The zero-order valence-electron chi connectivity index (χ0n) is 21.0. The van der Waals surface area contributed by atoms with Crippen LogP contribution in [0.4, 0.5) is 4.39 Å². The van der Waals surface area contributed by atoms with Crippen molar-refractivity contribution in [3.05, 3.63) is 81.3 Å². The number of ether oxygens (including phenoxy) is 1. The lowest BCUT2D eigenvalue weighted by Gasteiger charge is -2.37. The largest absolute Gasteiger partial charge is 0.491 e. The summed E-state index contributed by atoms with van der Waals surface area (Å²) < 4.78 is 21.5. The van der Waals surface area contributed by atoms with Crippen LogP contribution in [-0.4, -0.2) is 35.6 Å². The number of nitrogens with zero attached hydrogens (tertiary/aromatic N) is 2. The summed E-state index contributed by atoms with van der Waals surface area (Å²) in [6, 6.07) is 14.9. The third kappa shape index (κ3) is 6.48. The number of likely N-dealkylation sites (tertiary alicyclic amines) is 1. The Hall–Kier alpha value is -2.39. The highest BCUT2D eigenvalue weighted by Gasteiger charge is 2.35. The van der Waals surface area contributed by atoms with Crippen molar-refractivity contribution in [2.24, 2.45) is 5.41 Å². The fourth-order valence-electron chi connectivity index (χ4n) is 4.64. The molecule has 0 amide bonds. The number of hydrogen-bond donors (Lipinski definition) is 0. The fraction of sp³-hybridized carbons (Fsp3) is 0.367. The van der Waals surface area contributed by atoms with E-state index >= 15 is 0 Å². The van der Waals surface area contributed by atoms with E-state index in [9.17, 15) is 4.39 Å². The molecule has 1 unspecified atom stereocenters. The monoisotopic (exact) mass is 568 g/mol. The van der Waals surface area contributed by atoms with Gasteiger partial charge in [0.05, 0.1) is 4.47 Å². The molecule has 0 bridgehead atoms. The van der Waals surface area contributed by atoms with Gasteiger partial charge >= 0.3 is 0 Å². The molecule has 1 aliphatic rings. The van der Waals surface area contributed by atoms with Crippen molar-refractivity contribution < 1.29 is 9.13 Å². The maximum absolute atomic E-state index is 14.6. The Bertz CT molecular complexity index is 1270. The zero-order chi connectivity index (χ0) is 25.7. The first-order chi connectivity index (χ1) is 17.3. The van der Waals surface area contributed by atoms with Crippen LogP contribution in [-0.2, 0) is 0 Å². The molecule has 188 valence electrons. The molecular weight excluding hydrogens is 539 g/mol. The molecule has 3 nitrogen and oxygen atoms in total. The van der Waals surface area contributed by atoms with Crippen molar-refractivity contribution in [2.45, 2.75) is 46.1 Å². The number of benzene rings is 2. The normalized spacial score (nSPS) is 16.0. The number of hydrogen-bond acceptors (Lipinski definition) is 3. The highest BCUT2D eigenvalue weighted by atomic mass is 79.9. The van der Waals surface area contributed by atoms with E-state index in [0.717, 1.165) is 34.4 Å². The van der Waals surface area contributed by atoms with Crippen LogP contribution in [0.25, 0.3) is 11.1 Å². The van der Waals surface area contributed by atoms with Gasteiger partial charge in [-0.15, -0.1) is 0 Å². The Morgan fingerprint density at radius 3 is 2.61 bits per heavy atom. The average molecular weight is 570 g/mol. The first kappa shape index (κ1) is 26.7. The molecule has 4 rings (SSSR count). The predicted molar refractivity (Wildman–Crippen MR) is 149 cm³/mol. The van der Waals surface area contributed by atoms with Crippen LogP contribution in [0.15, 0.2) is 59.2 Å². The Morgan fingerprint density at radius 2 is 1.92 bits per heavy atom. The van der Waals surface area contributed by atoms with E-state index in [1.165, 1.54) is 25.3 Å². The topological polar surface area (TPSA) is 25.4 Å². The Morgan fingerprint density at radius 1 is 1.14 bits per heavy atom. The third-order valence-corrected chi connectivity index (χ3v) is 7.96. The van der Waals surface area contributed by atoms with Crippen LogP contribution in [0.5, 0.6) is 5.75 Å². The van der Waals surface area contributed by atoms with Gasteiger partial charge in [0.15, 0.2) is 5.82 Å². The molecule has 1 atom stereocenters. The van der Waals surface area contributed by atoms with E-state index in [0.29, 0.717) is 28.6 Å². The average Bonchev–Trinajstić information content (AvgIpc) is 3.34. The van der Waals surface area contributed by atoms with E-state index < -0.39 is 5.82 Å². The van der Waals surface area contributed by atoms with Gasteiger partial charge in [-0.05, 0) is 95.0 Å². The van der Waals surface area contributed by atoms with Crippen molar-refractivity contribution in [3.8, 4) is 28.7 Å². The smallest absolute Gasteiger partial charge is 0.158 e. The van der Waals surface area contributed by atoms with Gasteiger partial charge in [-0.3, -0.25) is 4.90 Å². The van der Waals surface area contributed by atoms with Gasteiger partial charge in [0.1, 0.15) is 18.1 Å². The summed E-state index contributed by atoms with van der Waals surface area (Å²) in [6.07, 6.45) is 5.31. The Balaban J connectivity index is 1.37. The molecule has 0 saturated carbocycles. The van der Waals surface area contributed by atoms with Crippen molar-refractivity contribution in [1.82, 2.24) is 9.88 Å². The van der Waals surface area contributed by atoms with Gasteiger partial charge in [-0.25, -0.2) is 9.37 Å². The summed E-state index contributed by atoms with van der Waals surface area (Å²) in [4.78, 5) is 6.78. The summed E-state index contributed by atoms with van der Waals surface area (Å²) in [7, 11) is 0. The van der Waals surface area contributed by atoms with E-state index in [4.69, 9.17) is 16.3 Å². The Labute approximate surface area is 227 Å². The van der Waals surface area contributed by atoms with Gasteiger partial charge < -0.3 is 4.74 Å². The molecule has 1 saturated heterocycles. The van der Waals surface area contributed by atoms with Gasteiger partial charge in [-0.2, -0.15) is 0 Å². The molecule has 3 aromatic rings. The number of rotatable bonds is 7. The fourth-order valence-corrected chi connectivity index (χ4v) is 5.26. The van der Waals surface area contributed by atoms with Gasteiger partial charge in [0.25, 0.3) is 0 Å². The summed E-state index contributed by atoms with van der Waals surface area (Å²) in [6.45, 7) is 9.69. The minimum Gasteiger partial charge on any atom is -0.491 e. The van der Waals surface area contributed by atoms with E-state index in [2.05, 4.69) is 58.4 Å². The van der Waals surface area contributed by atoms with Crippen molar-refractivity contribution >= 4 is 27.5 Å². The molecule has 0 spiro atoms. The maximum Gasteiger partial charge on any atom is 0.158 e. The van der Waals surface area contributed by atoms with Crippen LogP contribution in [0.2, 0.25) is 5.02 Å². The summed E-state index contributed by atoms with van der Waals surface area (Å²) in [5.41, 5.74) is 2.71. The van der Waals surface area contributed by atoms with Crippen molar-refractivity contribution in [2.75, 3.05) is 19.7 Å². The summed E-state index contributed by atoms with van der Waals surface area (Å²) in [5, 5.41) is 0.633. The quantitative estimate of drug-likeness (QED) is 0.270. The van der Waals surface area contributed by atoms with Crippen LogP contribution >= 0.6 is 27.5 Å². The highest BCUT2D eigenvalue weighted by molar-refractivity contribution is 9.10. The molecule has 0 N–H and O–H groups in total. The zero-order valence-corrected chi connectivity index (χ0v) is 23.3. The molecule has 2 aromatic carbocycles. The predicted octanol–water partition coefficient (Wildman–Crippen LogP) is 7.98. The van der Waals surface area contributed by atoms with Crippen LogP contribution in [0.1, 0.15) is 51.3 Å². The number of halogens is 3. The number of pyridine rings is 1. The SMILES string of the molecule is CCC(C)(C)C1CCCN1CCOc1ccc(C#Cc2ncc(-c3ccc(Cl)cc3)cc2F)cc1Br. The molecule has 6 heteroatoms. The van der Waals surface area contributed by atoms with Gasteiger partial charge in [0, 0.05) is 34.9 Å². The minimum absolute atomic E-state index is 0.110. The molecule has 2 heterocycles. The molecule has 1 aliphatic heterocycles. The second kappa shape index (κ2) is 11.8. The molecule has 36 heavy (non-hydrogen) atoms. The van der Waals surface area contributed by atoms with E-state index in [1.807, 2.05) is 30.3 Å². The molecule has 1 aromatic heterocycles. The minimum atomic E-state index is -0.458. The second-order valence-electron chi connectivity index (χ2n) is 9.84. The molecule has 0 aliphatic carbocycles.